The molecule has 0 heteroatoms. The second kappa shape index (κ2) is 15.8. The summed E-state index contributed by atoms with van der Waals surface area (Å²) >= 11 is 0. The molecule has 0 radical (unpaired) electrons. The molecule has 44 heavy (non-hydrogen) atoms. The van der Waals surface area contributed by atoms with Gasteiger partial charge >= 0.3 is 0 Å². The lowest BCUT2D eigenvalue weighted by Crippen LogP contribution is -2.23. The Morgan fingerprint density at radius 2 is 1.77 bits per heavy atom. The fraction of sp³-hybridized carbons (Fsp3) is 0.591. The molecule has 240 valence electrons. The molecule has 1 fully saturated rings. The van der Waals surface area contributed by atoms with Crippen molar-refractivity contribution in [2.45, 2.75) is 144 Å². The summed E-state index contributed by atoms with van der Waals surface area (Å²) in [5.41, 5.74) is 12.9. The number of unbranched alkanes of at least 4 members (excludes halogenated alkanes) is 2. The molecule has 3 aliphatic carbocycles. The van der Waals surface area contributed by atoms with Crippen LogP contribution in [-0.4, -0.2) is 0 Å². The Balaban J connectivity index is 1.51. The van der Waals surface area contributed by atoms with Gasteiger partial charge in [-0.1, -0.05) is 140 Å². The molecule has 1 saturated carbocycles. The molecule has 3 aliphatic rings. The first-order valence-electron chi connectivity index (χ1n) is 18.2. The van der Waals surface area contributed by atoms with Crippen molar-refractivity contribution in [2.24, 2.45) is 23.2 Å². The van der Waals surface area contributed by atoms with Crippen LogP contribution in [0, 0.1) is 23.2 Å². The maximum absolute atomic E-state index is 4.72. The Kier molecular flexibility index (Phi) is 12.4. The topological polar surface area (TPSA) is 0 Å². The summed E-state index contributed by atoms with van der Waals surface area (Å²) in [5.74, 6) is 3.05. The van der Waals surface area contributed by atoms with E-state index in [1.165, 1.54) is 116 Å². The molecular formula is C44H64. The van der Waals surface area contributed by atoms with Gasteiger partial charge in [-0.15, -0.1) is 0 Å². The summed E-state index contributed by atoms with van der Waals surface area (Å²) in [6.45, 7) is 28.0. The lowest BCUT2D eigenvalue weighted by Gasteiger charge is -2.35. The lowest BCUT2D eigenvalue weighted by atomic mass is 9.70. The van der Waals surface area contributed by atoms with Crippen molar-refractivity contribution in [3.05, 3.63) is 101 Å². The van der Waals surface area contributed by atoms with Gasteiger partial charge in [0, 0.05) is 0 Å². The second-order valence-corrected chi connectivity index (χ2v) is 16.1. The molecule has 0 amide bonds. The standard InChI is InChI=1S/C44H64/c1-10-11-12-14-32(3)37-15-13-16-38(27-37)39(23-22-36-20-17-31(2)18-21-36)25-34(5)40-26-35(6)41(28-40)29-42-30-43(44(7,8)9)24-19-33(42)4/h13,15-16,27-29,31,36,39,43H,3,5-6,10-12,14,17-26,30H2,1-2,4,7-9H3/b41-29-/t31?,36?,39-,43-/m0/s1. The zero-order chi connectivity index (χ0) is 31.9. The Morgan fingerprint density at radius 3 is 2.48 bits per heavy atom. The molecule has 0 aromatic heterocycles. The van der Waals surface area contributed by atoms with Gasteiger partial charge in [0.2, 0.25) is 0 Å². The maximum atomic E-state index is 4.72. The molecule has 0 nitrogen and oxygen atoms in total. The van der Waals surface area contributed by atoms with Crippen LogP contribution in [0.15, 0.2) is 89.6 Å². The molecule has 1 aromatic rings. The molecule has 0 heterocycles. The highest BCUT2D eigenvalue weighted by Crippen LogP contribution is 2.44. The Morgan fingerprint density at radius 1 is 1.02 bits per heavy atom. The highest BCUT2D eigenvalue weighted by atomic mass is 14.3. The predicted octanol–water partition coefficient (Wildman–Crippen LogP) is 13.9. The summed E-state index contributed by atoms with van der Waals surface area (Å²) in [5, 5.41) is 0. The molecule has 1 aromatic carbocycles. The average Bonchev–Trinajstić information content (AvgIpc) is 3.36. The Bertz CT molecular complexity index is 1260. The fourth-order valence-corrected chi connectivity index (χ4v) is 7.86. The monoisotopic (exact) mass is 593 g/mol. The van der Waals surface area contributed by atoms with Gasteiger partial charge in [-0.2, -0.15) is 0 Å². The normalized spacial score (nSPS) is 24.5. The number of hydrogen-bond donors (Lipinski definition) is 0. The van der Waals surface area contributed by atoms with Crippen molar-refractivity contribution in [1.29, 1.82) is 0 Å². The van der Waals surface area contributed by atoms with Crippen LogP contribution >= 0.6 is 0 Å². The van der Waals surface area contributed by atoms with Crippen LogP contribution in [0.5, 0.6) is 0 Å². The molecular weight excluding hydrogens is 528 g/mol. The van der Waals surface area contributed by atoms with Gasteiger partial charge in [-0.05, 0) is 133 Å². The van der Waals surface area contributed by atoms with E-state index < -0.39 is 0 Å². The first kappa shape index (κ1) is 34.5. The molecule has 4 rings (SSSR count). The smallest absolute Gasteiger partial charge is 0.00230 e. The third-order valence-electron chi connectivity index (χ3n) is 11.4. The van der Waals surface area contributed by atoms with Crippen LogP contribution in [-0.2, 0) is 0 Å². The van der Waals surface area contributed by atoms with Gasteiger partial charge in [-0.3, -0.25) is 0 Å². The van der Waals surface area contributed by atoms with Crippen molar-refractivity contribution >= 4 is 5.57 Å². The number of rotatable bonds is 13. The van der Waals surface area contributed by atoms with E-state index in [0.717, 1.165) is 37.0 Å². The molecule has 2 atom stereocenters. The van der Waals surface area contributed by atoms with Crippen LogP contribution in [0.3, 0.4) is 0 Å². The summed E-state index contributed by atoms with van der Waals surface area (Å²) in [6.07, 6.45) is 23.7. The minimum absolute atomic E-state index is 0.358. The van der Waals surface area contributed by atoms with E-state index >= 15 is 0 Å². The van der Waals surface area contributed by atoms with Crippen LogP contribution in [0.2, 0.25) is 0 Å². The Hall–Kier alpha value is -2.34. The van der Waals surface area contributed by atoms with Crippen LogP contribution in [0.1, 0.15) is 155 Å². The van der Waals surface area contributed by atoms with Crippen molar-refractivity contribution in [3.8, 4) is 0 Å². The van der Waals surface area contributed by atoms with Gasteiger partial charge in [-0.25, -0.2) is 0 Å². The van der Waals surface area contributed by atoms with E-state index in [9.17, 15) is 0 Å². The van der Waals surface area contributed by atoms with Crippen molar-refractivity contribution < 1.29 is 0 Å². The number of allylic oxidation sites excluding steroid dienone is 9. The third kappa shape index (κ3) is 9.58. The van der Waals surface area contributed by atoms with Crippen molar-refractivity contribution in [1.82, 2.24) is 0 Å². The van der Waals surface area contributed by atoms with E-state index in [0.29, 0.717) is 11.3 Å². The van der Waals surface area contributed by atoms with Gasteiger partial charge in [0.25, 0.3) is 0 Å². The first-order chi connectivity index (χ1) is 20.9. The molecule has 0 bridgehead atoms. The molecule has 0 unspecified atom stereocenters. The highest BCUT2D eigenvalue weighted by Gasteiger charge is 2.29. The van der Waals surface area contributed by atoms with E-state index in [-0.39, 0.29) is 0 Å². The molecule has 0 spiro atoms. The molecule has 0 N–H and O–H groups in total. The predicted molar refractivity (Wildman–Crippen MR) is 196 cm³/mol. The zero-order valence-corrected chi connectivity index (χ0v) is 29.5. The van der Waals surface area contributed by atoms with Crippen molar-refractivity contribution in [2.75, 3.05) is 0 Å². The molecule has 0 saturated heterocycles. The fourth-order valence-electron chi connectivity index (χ4n) is 7.86. The first-order valence-corrected chi connectivity index (χ1v) is 18.2. The van der Waals surface area contributed by atoms with E-state index in [1.807, 2.05) is 0 Å². The van der Waals surface area contributed by atoms with E-state index in [1.54, 1.807) is 11.1 Å². The zero-order valence-electron chi connectivity index (χ0n) is 29.5. The molecule has 0 aliphatic heterocycles. The van der Waals surface area contributed by atoms with E-state index in [2.05, 4.69) is 91.1 Å². The SMILES string of the molecule is C=C(C[C@H](CCC1CCC(C)CC1)c1cccc(C(=C)CCCCC)c1)C1=C/C(=C/C2=C(C)CC[C@H](C(C)(C)C)C2)C(=C)C1. The largest absolute Gasteiger partial charge is 0.0955 e. The minimum atomic E-state index is 0.358. The maximum Gasteiger partial charge on any atom is -0.00230 e. The van der Waals surface area contributed by atoms with Gasteiger partial charge in [0.1, 0.15) is 0 Å². The third-order valence-corrected chi connectivity index (χ3v) is 11.4. The average molecular weight is 593 g/mol. The minimum Gasteiger partial charge on any atom is -0.0955 e. The summed E-state index contributed by atoms with van der Waals surface area (Å²) in [7, 11) is 0. The number of hydrogen-bond acceptors (Lipinski definition) is 0. The van der Waals surface area contributed by atoms with Crippen molar-refractivity contribution in [3.63, 3.8) is 0 Å². The van der Waals surface area contributed by atoms with Crippen LogP contribution in [0.4, 0.5) is 0 Å². The second-order valence-electron chi connectivity index (χ2n) is 16.1. The van der Waals surface area contributed by atoms with E-state index in [4.69, 9.17) is 6.58 Å². The summed E-state index contributed by atoms with van der Waals surface area (Å²) < 4.78 is 0. The quantitative estimate of drug-likeness (QED) is 0.200. The van der Waals surface area contributed by atoms with Crippen LogP contribution < -0.4 is 0 Å². The lowest BCUT2D eigenvalue weighted by molar-refractivity contribution is 0.217. The summed E-state index contributed by atoms with van der Waals surface area (Å²) in [4.78, 5) is 0. The Labute approximate surface area is 272 Å². The van der Waals surface area contributed by atoms with Gasteiger partial charge in [0.05, 0.1) is 0 Å². The number of benzene rings is 1. The highest BCUT2D eigenvalue weighted by molar-refractivity contribution is 5.64. The van der Waals surface area contributed by atoms with Crippen LogP contribution in [0.25, 0.3) is 5.57 Å². The van der Waals surface area contributed by atoms with Gasteiger partial charge < -0.3 is 0 Å². The summed E-state index contributed by atoms with van der Waals surface area (Å²) in [6, 6.07) is 9.39. The van der Waals surface area contributed by atoms with Gasteiger partial charge in [0.15, 0.2) is 0 Å².